The average molecular weight is 250 g/mol. The molecule has 0 saturated carbocycles. The molecule has 0 bridgehead atoms. The van der Waals surface area contributed by atoms with Crippen molar-refractivity contribution in [3.63, 3.8) is 0 Å². The van der Waals surface area contributed by atoms with E-state index in [0.29, 0.717) is 12.1 Å². The second-order valence-corrected chi connectivity index (χ2v) is 3.78. The van der Waals surface area contributed by atoms with Crippen LogP contribution in [-0.2, 0) is 6.42 Å². The first-order valence-electron chi connectivity index (χ1n) is 4.85. The molecule has 0 amide bonds. The summed E-state index contributed by atoms with van der Waals surface area (Å²) in [6, 6.07) is 6.37. The zero-order chi connectivity index (χ0) is 12.3. The van der Waals surface area contributed by atoms with Crippen LogP contribution in [0.5, 0.6) is 0 Å². The van der Waals surface area contributed by atoms with E-state index in [1.165, 1.54) is 12.1 Å². The topological polar surface area (TPSA) is 68.9 Å². The third kappa shape index (κ3) is 2.76. The molecule has 6 heteroatoms. The highest BCUT2D eigenvalue weighted by molar-refractivity contribution is 6.29. The predicted molar refractivity (Wildman–Crippen MR) is 62.9 cm³/mol. The summed E-state index contributed by atoms with van der Waals surface area (Å²) in [5, 5.41) is 11.1. The van der Waals surface area contributed by atoms with Gasteiger partial charge in [0, 0.05) is 24.9 Å². The van der Waals surface area contributed by atoms with Crippen molar-refractivity contribution in [2.75, 3.05) is 0 Å². The second-order valence-electron chi connectivity index (χ2n) is 3.39. The summed E-state index contributed by atoms with van der Waals surface area (Å²) < 4.78 is 0. The molecule has 0 atom stereocenters. The van der Waals surface area contributed by atoms with E-state index in [4.69, 9.17) is 11.6 Å². The molecule has 17 heavy (non-hydrogen) atoms. The molecule has 2 heterocycles. The first-order valence-corrected chi connectivity index (χ1v) is 5.23. The first-order chi connectivity index (χ1) is 8.16. The second kappa shape index (κ2) is 4.88. The Bertz CT molecular complexity index is 546. The third-order valence-corrected chi connectivity index (χ3v) is 2.42. The van der Waals surface area contributed by atoms with Gasteiger partial charge in [0.25, 0.3) is 5.69 Å². The van der Waals surface area contributed by atoms with Gasteiger partial charge in [-0.2, -0.15) is 0 Å². The van der Waals surface area contributed by atoms with E-state index in [2.05, 4.69) is 9.97 Å². The van der Waals surface area contributed by atoms with Gasteiger partial charge in [-0.25, -0.2) is 4.98 Å². The summed E-state index contributed by atoms with van der Waals surface area (Å²) in [4.78, 5) is 18.3. The van der Waals surface area contributed by atoms with Crippen molar-refractivity contribution in [3.05, 3.63) is 63.2 Å². The van der Waals surface area contributed by atoms with E-state index in [1.807, 2.05) is 6.07 Å². The van der Waals surface area contributed by atoms with Gasteiger partial charge in [-0.3, -0.25) is 15.1 Å². The summed E-state index contributed by atoms with van der Waals surface area (Å²) >= 11 is 5.74. The molecule has 0 spiro atoms. The minimum atomic E-state index is -0.463. The van der Waals surface area contributed by atoms with Gasteiger partial charge in [0.05, 0.1) is 4.92 Å². The minimum Gasteiger partial charge on any atom is -0.264 e. The summed E-state index contributed by atoms with van der Waals surface area (Å²) in [7, 11) is 0. The molecule has 5 nitrogen and oxygen atoms in total. The van der Waals surface area contributed by atoms with E-state index in [1.54, 1.807) is 18.5 Å². The van der Waals surface area contributed by atoms with Crippen molar-refractivity contribution in [1.29, 1.82) is 0 Å². The zero-order valence-corrected chi connectivity index (χ0v) is 9.46. The largest absolute Gasteiger partial charge is 0.291 e. The first kappa shape index (κ1) is 11.5. The lowest BCUT2D eigenvalue weighted by molar-refractivity contribution is -0.385. The maximum Gasteiger partial charge on any atom is 0.291 e. The van der Waals surface area contributed by atoms with Crippen LogP contribution in [0, 0.1) is 10.1 Å². The van der Waals surface area contributed by atoms with Crippen LogP contribution in [0.2, 0.25) is 5.15 Å². The highest BCUT2D eigenvalue weighted by atomic mass is 35.5. The van der Waals surface area contributed by atoms with Crippen LogP contribution < -0.4 is 0 Å². The lowest BCUT2D eigenvalue weighted by Crippen LogP contribution is -2.00. The predicted octanol–water partition coefficient (Wildman–Crippen LogP) is 2.63. The molecule has 86 valence electrons. The van der Waals surface area contributed by atoms with Crippen molar-refractivity contribution in [2.45, 2.75) is 6.42 Å². The number of nitrogens with zero attached hydrogens (tertiary/aromatic N) is 3. The molecule has 0 radical (unpaired) electrons. The Morgan fingerprint density at radius 1 is 1.35 bits per heavy atom. The van der Waals surface area contributed by atoms with Crippen LogP contribution in [0.25, 0.3) is 0 Å². The van der Waals surface area contributed by atoms with E-state index >= 15 is 0 Å². The number of hydrogen-bond acceptors (Lipinski definition) is 4. The lowest BCUT2D eigenvalue weighted by Gasteiger charge is -2.02. The van der Waals surface area contributed by atoms with Gasteiger partial charge in [-0.05, 0) is 17.7 Å². The fraction of sp³-hybridized carbons (Fsp3) is 0.0909. The van der Waals surface area contributed by atoms with E-state index in [-0.39, 0.29) is 10.8 Å². The summed E-state index contributed by atoms with van der Waals surface area (Å²) in [5.74, 6) is 0. The molecule has 0 aliphatic carbocycles. The Morgan fingerprint density at radius 2 is 2.18 bits per heavy atom. The molecule has 0 fully saturated rings. The van der Waals surface area contributed by atoms with Gasteiger partial charge in [0.2, 0.25) is 0 Å². The number of nitro groups is 1. The van der Waals surface area contributed by atoms with E-state index in [0.717, 1.165) is 5.56 Å². The smallest absolute Gasteiger partial charge is 0.264 e. The molecule has 0 saturated heterocycles. The monoisotopic (exact) mass is 249 g/mol. The van der Waals surface area contributed by atoms with Gasteiger partial charge in [-0.15, -0.1) is 0 Å². The molecule has 0 aromatic carbocycles. The van der Waals surface area contributed by atoms with Gasteiger partial charge < -0.3 is 0 Å². The van der Waals surface area contributed by atoms with Gasteiger partial charge in [0.15, 0.2) is 0 Å². The van der Waals surface area contributed by atoms with Crippen LogP contribution in [0.1, 0.15) is 11.3 Å². The molecule has 2 aromatic rings. The average Bonchev–Trinajstić information content (AvgIpc) is 2.30. The third-order valence-electron chi connectivity index (χ3n) is 2.21. The Labute approximate surface area is 102 Å². The Balaban J connectivity index is 2.37. The lowest BCUT2D eigenvalue weighted by atomic mass is 10.1. The minimum absolute atomic E-state index is 0.0294. The Kier molecular flexibility index (Phi) is 3.30. The highest BCUT2D eigenvalue weighted by Gasteiger charge is 2.15. The van der Waals surface area contributed by atoms with Crippen LogP contribution in [0.3, 0.4) is 0 Å². The molecule has 0 unspecified atom stereocenters. The molecular weight excluding hydrogens is 242 g/mol. The van der Waals surface area contributed by atoms with Gasteiger partial charge >= 0.3 is 0 Å². The van der Waals surface area contributed by atoms with Gasteiger partial charge in [-0.1, -0.05) is 17.7 Å². The molecule has 2 rings (SSSR count). The number of halogens is 1. The molecule has 0 N–H and O–H groups in total. The molecule has 0 aliphatic heterocycles. The van der Waals surface area contributed by atoms with Crippen molar-refractivity contribution in [2.24, 2.45) is 0 Å². The molecule has 0 aliphatic rings. The maximum atomic E-state index is 10.8. The fourth-order valence-corrected chi connectivity index (χ4v) is 1.62. The zero-order valence-electron chi connectivity index (χ0n) is 8.71. The quantitative estimate of drug-likeness (QED) is 0.476. The van der Waals surface area contributed by atoms with Crippen molar-refractivity contribution in [3.8, 4) is 0 Å². The Hall–Kier alpha value is -2.01. The normalized spacial score (nSPS) is 10.2. The molecule has 2 aromatic heterocycles. The van der Waals surface area contributed by atoms with Crippen LogP contribution in [0.4, 0.5) is 5.69 Å². The number of pyridine rings is 2. The van der Waals surface area contributed by atoms with Crippen LogP contribution in [0.15, 0.2) is 36.7 Å². The fourth-order valence-electron chi connectivity index (χ4n) is 1.46. The summed E-state index contributed by atoms with van der Waals surface area (Å²) in [6.45, 7) is 0. The SMILES string of the molecule is O=[N+]([O-])c1ccc(Cl)nc1Cc1cccnc1. The van der Waals surface area contributed by atoms with Crippen LogP contribution >= 0.6 is 11.6 Å². The van der Waals surface area contributed by atoms with Gasteiger partial charge in [0.1, 0.15) is 10.8 Å². The van der Waals surface area contributed by atoms with E-state index in [9.17, 15) is 10.1 Å². The highest BCUT2D eigenvalue weighted by Crippen LogP contribution is 2.21. The maximum absolute atomic E-state index is 10.8. The Morgan fingerprint density at radius 3 is 2.82 bits per heavy atom. The number of aromatic nitrogens is 2. The van der Waals surface area contributed by atoms with E-state index < -0.39 is 4.92 Å². The summed E-state index contributed by atoms with van der Waals surface area (Å²) in [6.07, 6.45) is 3.63. The van der Waals surface area contributed by atoms with Crippen molar-refractivity contribution >= 4 is 17.3 Å². The summed E-state index contributed by atoms with van der Waals surface area (Å²) in [5.41, 5.74) is 1.17. The standard InChI is InChI=1S/C11H8ClN3O2/c12-11-4-3-10(15(16)17)9(14-11)6-8-2-1-5-13-7-8/h1-5,7H,6H2. The van der Waals surface area contributed by atoms with Crippen LogP contribution in [-0.4, -0.2) is 14.9 Å². The van der Waals surface area contributed by atoms with Crippen molar-refractivity contribution < 1.29 is 4.92 Å². The number of rotatable bonds is 3. The molecular formula is C11H8ClN3O2. The van der Waals surface area contributed by atoms with Crippen molar-refractivity contribution in [1.82, 2.24) is 9.97 Å². The number of hydrogen-bond donors (Lipinski definition) is 0.